The van der Waals surface area contributed by atoms with Gasteiger partial charge in [0.25, 0.3) is 5.91 Å². The minimum atomic E-state index is 0. The summed E-state index contributed by atoms with van der Waals surface area (Å²) in [6.07, 6.45) is 3.43. The SMILES string of the molecule is CNCCC1CCN(C(=O)c2cccc(-c3cscn3)c2)CC1.Cl.Cl. The van der Waals surface area contributed by atoms with Crippen LogP contribution in [0.25, 0.3) is 11.3 Å². The Kier molecular flexibility index (Phi) is 9.43. The fraction of sp³-hybridized carbons (Fsp3) is 0.444. The molecule has 2 aromatic rings. The van der Waals surface area contributed by atoms with Crippen LogP contribution in [0.1, 0.15) is 29.6 Å². The smallest absolute Gasteiger partial charge is 0.253 e. The number of thiazole rings is 1. The second-order valence-corrected chi connectivity index (χ2v) is 6.80. The van der Waals surface area contributed by atoms with Gasteiger partial charge in [0.15, 0.2) is 0 Å². The molecule has 1 fully saturated rings. The molecule has 1 amide bonds. The van der Waals surface area contributed by atoms with E-state index in [-0.39, 0.29) is 30.7 Å². The van der Waals surface area contributed by atoms with Gasteiger partial charge in [0.05, 0.1) is 11.2 Å². The Morgan fingerprint density at radius 3 is 2.72 bits per heavy atom. The topological polar surface area (TPSA) is 45.2 Å². The molecule has 25 heavy (non-hydrogen) atoms. The highest BCUT2D eigenvalue weighted by atomic mass is 35.5. The molecule has 1 aromatic heterocycles. The summed E-state index contributed by atoms with van der Waals surface area (Å²) < 4.78 is 0. The van der Waals surface area contributed by atoms with Gasteiger partial charge < -0.3 is 10.2 Å². The predicted molar refractivity (Wildman–Crippen MR) is 109 cm³/mol. The lowest BCUT2D eigenvalue weighted by molar-refractivity contribution is 0.0687. The molecule has 0 spiro atoms. The summed E-state index contributed by atoms with van der Waals surface area (Å²) in [7, 11) is 1.99. The zero-order chi connectivity index (χ0) is 16.1. The predicted octanol–water partition coefficient (Wildman–Crippen LogP) is 4.12. The summed E-state index contributed by atoms with van der Waals surface area (Å²) >= 11 is 1.57. The zero-order valence-electron chi connectivity index (χ0n) is 14.3. The highest BCUT2D eigenvalue weighted by Gasteiger charge is 2.23. The van der Waals surface area contributed by atoms with Gasteiger partial charge in [-0.15, -0.1) is 36.2 Å². The summed E-state index contributed by atoms with van der Waals surface area (Å²) in [5.41, 5.74) is 4.54. The van der Waals surface area contributed by atoms with Gasteiger partial charge in [-0.2, -0.15) is 0 Å². The number of halogens is 2. The molecule has 0 radical (unpaired) electrons. The molecule has 0 saturated carbocycles. The molecule has 1 aliphatic rings. The van der Waals surface area contributed by atoms with Crippen LogP contribution in [-0.4, -0.2) is 42.5 Å². The number of nitrogens with one attached hydrogen (secondary N) is 1. The van der Waals surface area contributed by atoms with Gasteiger partial charge in [0.1, 0.15) is 0 Å². The first-order valence-electron chi connectivity index (χ1n) is 8.20. The van der Waals surface area contributed by atoms with Crippen molar-refractivity contribution in [1.29, 1.82) is 0 Å². The fourth-order valence-corrected chi connectivity index (χ4v) is 3.68. The van der Waals surface area contributed by atoms with Crippen molar-refractivity contribution in [2.24, 2.45) is 5.92 Å². The molecule has 1 N–H and O–H groups in total. The van der Waals surface area contributed by atoms with Crippen LogP contribution in [0.4, 0.5) is 0 Å². The van der Waals surface area contributed by atoms with Gasteiger partial charge in [0, 0.05) is 29.6 Å². The van der Waals surface area contributed by atoms with Gasteiger partial charge in [-0.05, 0) is 50.9 Å². The van der Waals surface area contributed by atoms with Crippen LogP contribution in [0.5, 0.6) is 0 Å². The number of hydrogen-bond donors (Lipinski definition) is 1. The highest BCUT2D eigenvalue weighted by Crippen LogP contribution is 2.24. The maximum atomic E-state index is 12.7. The minimum Gasteiger partial charge on any atom is -0.339 e. The molecule has 0 unspecified atom stereocenters. The molecular formula is C18H25Cl2N3OS. The lowest BCUT2D eigenvalue weighted by Crippen LogP contribution is -2.38. The van der Waals surface area contributed by atoms with E-state index in [4.69, 9.17) is 0 Å². The molecule has 1 aliphatic heterocycles. The third kappa shape index (κ3) is 5.68. The largest absolute Gasteiger partial charge is 0.339 e. The van der Waals surface area contributed by atoms with E-state index in [1.807, 2.05) is 47.1 Å². The second kappa shape index (κ2) is 10.8. The van der Waals surface area contributed by atoms with Crippen LogP contribution >= 0.6 is 36.2 Å². The summed E-state index contributed by atoms with van der Waals surface area (Å²) in [6, 6.07) is 7.83. The molecule has 0 bridgehead atoms. The minimum absolute atomic E-state index is 0. The number of carbonyl (C=O) groups excluding carboxylic acids is 1. The standard InChI is InChI=1S/C18H23N3OS.2ClH/c1-19-8-5-14-6-9-21(10-7-14)18(22)16-4-2-3-15(11-16)17-12-23-13-20-17;;/h2-4,11-14,19H,5-10H2,1H3;2*1H. The van der Waals surface area contributed by atoms with E-state index < -0.39 is 0 Å². The fourth-order valence-electron chi connectivity index (χ4n) is 3.12. The number of aromatic nitrogens is 1. The van der Waals surface area contributed by atoms with Crippen molar-refractivity contribution < 1.29 is 4.79 Å². The molecule has 7 heteroatoms. The average molecular weight is 402 g/mol. The molecule has 2 heterocycles. The van der Waals surface area contributed by atoms with E-state index in [9.17, 15) is 4.79 Å². The number of benzene rings is 1. The first-order valence-corrected chi connectivity index (χ1v) is 9.14. The Bertz CT molecular complexity index is 644. The Hall–Kier alpha value is -1.14. The molecular weight excluding hydrogens is 377 g/mol. The zero-order valence-corrected chi connectivity index (χ0v) is 16.8. The highest BCUT2D eigenvalue weighted by molar-refractivity contribution is 7.07. The number of hydrogen-bond acceptors (Lipinski definition) is 4. The van der Waals surface area contributed by atoms with Crippen molar-refractivity contribution in [1.82, 2.24) is 15.2 Å². The Labute approximate surface area is 165 Å². The maximum absolute atomic E-state index is 12.7. The summed E-state index contributed by atoms with van der Waals surface area (Å²) in [6.45, 7) is 2.80. The number of piperidine rings is 1. The number of amides is 1. The Balaban J connectivity index is 0.00000156. The van der Waals surface area contributed by atoms with Crippen molar-refractivity contribution in [3.63, 3.8) is 0 Å². The van der Waals surface area contributed by atoms with Gasteiger partial charge in [-0.3, -0.25) is 4.79 Å². The summed E-state index contributed by atoms with van der Waals surface area (Å²) in [4.78, 5) is 19.1. The number of rotatable bonds is 5. The van der Waals surface area contributed by atoms with Crippen LogP contribution in [0, 0.1) is 5.92 Å². The van der Waals surface area contributed by atoms with Crippen LogP contribution in [-0.2, 0) is 0 Å². The molecule has 0 atom stereocenters. The van der Waals surface area contributed by atoms with Crippen LogP contribution in [0.3, 0.4) is 0 Å². The molecule has 1 aromatic carbocycles. The van der Waals surface area contributed by atoms with E-state index in [1.54, 1.807) is 11.3 Å². The second-order valence-electron chi connectivity index (χ2n) is 6.08. The first kappa shape index (κ1) is 21.9. The van der Waals surface area contributed by atoms with Crippen molar-refractivity contribution >= 4 is 42.1 Å². The van der Waals surface area contributed by atoms with E-state index in [1.165, 1.54) is 6.42 Å². The molecule has 138 valence electrons. The molecule has 4 nitrogen and oxygen atoms in total. The monoisotopic (exact) mass is 401 g/mol. The summed E-state index contributed by atoms with van der Waals surface area (Å²) in [5, 5.41) is 5.22. The lowest BCUT2D eigenvalue weighted by Gasteiger charge is -2.32. The van der Waals surface area contributed by atoms with Crippen molar-refractivity contribution in [2.45, 2.75) is 19.3 Å². The van der Waals surface area contributed by atoms with Crippen LogP contribution in [0.2, 0.25) is 0 Å². The third-order valence-electron chi connectivity index (χ3n) is 4.54. The molecule has 0 aliphatic carbocycles. The van der Waals surface area contributed by atoms with Gasteiger partial charge in [-0.25, -0.2) is 4.98 Å². The Morgan fingerprint density at radius 1 is 1.32 bits per heavy atom. The molecule has 3 rings (SSSR count). The van der Waals surface area contributed by atoms with Gasteiger partial charge in [-0.1, -0.05) is 12.1 Å². The van der Waals surface area contributed by atoms with Crippen LogP contribution < -0.4 is 5.32 Å². The quantitative estimate of drug-likeness (QED) is 0.819. The van der Waals surface area contributed by atoms with Crippen LogP contribution in [0.15, 0.2) is 35.2 Å². The van der Waals surface area contributed by atoms with E-state index in [0.717, 1.165) is 55.2 Å². The Morgan fingerprint density at radius 2 is 2.08 bits per heavy atom. The maximum Gasteiger partial charge on any atom is 0.253 e. The van der Waals surface area contributed by atoms with Gasteiger partial charge in [0.2, 0.25) is 0 Å². The first-order chi connectivity index (χ1) is 11.3. The van der Waals surface area contributed by atoms with Crippen molar-refractivity contribution in [3.05, 3.63) is 40.7 Å². The van der Waals surface area contributed by atoms with Crippen molar-refractivity contribution in [3.8, 4) is 11.3 Å². The number of carbonyl (C=O) groups is 1. The van der Waals surface area contributed by atoms with Crippen molar-refractivity contribution in [2.75, 3.05) is 26.7 Å². The summed E-state index contributed by atoms with van der Waals surface area (Å²) in [5.74, 6) is 0.891. The lowest BCUT2D eigenvalue weighted by atomic mass is 9.93. The molecule has 1 saturated heterocycles. The third-order valence-corrected chi connectivity index (χ3v) is 5.13. The normalized spacial score (nSPS) is 14.5. The van der Waals surface area contributed by atoms with E-state index >= 15 is 0 Å². The average Bonchev–Trinajstić information content (AvgIpc) is 3.14. The van der Waals surface area contributed by atoms with E-state index in [0.29, 0.717) is 0 Å². The van der Waals surface area contributed by atoms with Gasteiger partial charge >= 0.3 is 0 Å². The number of nitrogens with zero attached hydrogens (tertiary/aromatic N) is 2. The van der Waals surface area contributed by atoms with E-state index in [2.05, 4.69) is 10.3 Å². The number of likely N-dealkylation sites (tertiary alicyclic amines) is 1.